The normalized spacial score (nSPS) is 19.7. The summed E-state index contributed by atoms with van der Waals surface area (Å²) in [5.74, 6) is -0.313. The first kappa shape index (κ1) is 23.4. The Morgan fingerprint density at radius 1 is 1.27 bits per heavy atom. The van der Waals surface area contributed by atoms with Crippen molar-refractivity contribution in [2.75, 3.05) is 5.32 Å². The molecule has 1 unspecified atom stereocenters. The third-order valence-corrected chi connectivity index (χ3v) is 5.97. The Labute approximate surface area is 194 Å². The molecule has 1 saturated carbocycles. The van der Waals surface area contributed by atoms with Crippen LogP contribution in [0.1, 0.15) is 50.4 Å². The summed E-state index contributed by atoms with van der Waals surface area (Å²) in [6.45, 7) is 2.64. The molecule has 4 rings (SSSR count). The molecule has 176 valence electrons. The third kappa shape index (κ3) is 5.40. The maximum atomic E-state index is 13.4. The summed E-state index contributed by atoms with van der Waals surface area (Å²) in [5, 5.41) is 21.1. The van der Waals surface area contributed by atoms with E-state index in [4.69, 9.17) is 11.6 Å². The number of nitrogens with zero attached hydrogens (tertiary/aromatic N) is 4. The number of fused-ring (bicyclic) bond motifs is 1. The molecular formula is C23H24ClF3N5O-. The molecule has 33 heavy (non-hydrogen) atoms. The second-order valence-electron chi connectivity index (χ2n) is 8.25. The molecule has 1 aliphatic rings. The zero-order valence-corrected chi connectivity index (χ0v) is 18.8. The Kier molecular flexibility index (Phi) is 6.78. The monoisotopic (exact) mass is 478 g/mol. The molecule has 0 radical (unpaired) electrons. The SMILES string of the molecule is CCCn1nccc1C([O-])=NC1CCC[C@H](Nc2cc(C(F)(F)F)nc3ccc(Cl)cc23)C1. The number of hydrogen-bond acceptors (Lipinski definition) is 5. The predicted octanol–water partition coefficient (Wildman–Crippen LogP) is 5.04. The van der Waals surface area contributed by atoms with E-state index in [1.165, 1.54) is 12.1 Å². The van der Waals surface area contributed by atoms with Gasteiger partial charge in [0, 0.05) is 40.8 Å². The van der Waals surface area contributed by atoms with Crippen LogP contribution in [0.4, 0.5) is 18.9 Å². The van der Waals surface area contributed by atoms with Gasteiger partial charge in [-0.25, -0.2) is 4.98 Å². The summed E-state index contributed by atoms with van der Waals surface area (Å²) < 4.78 is 41.9. The number of aromatic nitrogens is 3. The van der Waals surface area contributed by atoms with Crippen molar-refractivity contribution in [3.63, 3.8) is 0 Å². The van der Waals surface area contributed by atoms with Gasteiger partial charge in [0.15, 0.2) is 0 Å². The van der Waals surface area contributed by atoms with E-state index in [1.54, 1.807) is 23.0 Å². The van der Waals surface area contributed by atoms with Crippen LogP contribution in [-0.2, 0) is 12.7 Å². The first-order valence-electron chi connectivity index (χ1n) is 11.0. The molecule has 0 bridgehead atoms. The number of aliphatic imine (C=N–C) groups is 1. The van der Waals surface area contributed by atoms with Gasteiger partial charge in [0.1, 0.15) is 5.69 Å². The molecule has 1 N–H and O–H groups in total. The summed E-state index contributed by atoms with van der Waals surface area (Å²) in [6.07, 6.45) is 0.732. The molecule has 10 heteroatoms. The van der Waals surface area contributed by atoms with Crippen LogP contribution in [-0.4, -0.2) is 32.7 Å². The molecule has 1 fully saturated rings. The van der Waals surface area contributed by atoms with Gasteiger partial charge in [0.2, 0.25) is 0 Å². The zero-order valence-electron chi connectivity index (χ0n) is 18.1. The minimum atomic E-state index is -4.57. The second kappa shape index (κ2) is 9.59. The number of nitrogens with one attached hydrogen (secondary N) is 1. The van der Waals surface area contributed by atoms with Crippen molar-refractivity contribution in [3.8, 4) is 0 Å². The van der Waals surface area contributed by atoms with Gasteiger partial charge in [-0.1, -0.05) is 18.5 Å². The van der Waals surface area contributed by atoms with Gasteiger partial charge < -0.3 is 10.4 Å². The number of alkyl halides is 3. The average molecular weight is 479 g/mol. The maximum absolute atomic E-state index is 13.4. The van der Waals surface area contributed by atoms with Crippen LogP contribution in [0.3, 0.4) is 0 Å². The molecule has 0 saturated heterocycles. The Hall–Kier alpha value is -2.81. The first-order chi connectivity index (χ1) is 15.7. The van der Waals surface area contributed by atoms with E-state index in [0.29, 0.717) is 34.8 Å². The number of rotatable bonds is 6. The van der Waals surface area contributed by atoms with E-state index in [-0.39, 0.29) is 23.5 Å². The summed E-state index contributed by atoms with van der Waals surface area (Å²) in [4.78, 5) is 8.15. The second-order valence-corrected chi connectivity index (χ2v) is 8.69. The molecule has 6 nitrogen and oxygen atoms in total. The van der Waals surface area contributed by atoms with Crippen molar-refractivity contribution in [1.29, 1.82) is 0 Å². The van der Waals surface area contributed by atoms with Crippen LogP contribution in [0.5, 0.6) is 0 Å². The fraction of sp³-hybridized carbons (Fsp3) is 0.435. The van der Waals surface area contributed by atoms with Crippen LogP contribution in [0, 0.1) is 0 Å². The number of aryl methyl sites for hydroxylation is 1. The standard InChI is InChI=1S/C23H25ClF3N5O/c1-2-10-32-20(8-9-28-32)22(33)30-16-5-3-4-15(12-16)29-19-13-21(23(25,26)27)31-18-7-6-14(24)11-17(18)19/h6-9,11,13,15-16H,2-5,10,12H2,1H3,(H,29,31)(H,30,33)/p-1/t15-,16?/m0/s1. The summed E-state index contributed by atoms with van der Waals surface area (Å²) in [7, 11) is 0. The van der Waals surface area contributed by atoms with Gasteiger partial charge in [-0.3, -0.25) is 9.67 Å². The maximum Gasteiger partial charge on any atom is 0.433 e. The number of benzene rings is 1. The molecule has 0 spiro atoms. The van der Waals surface area contributed by atoms with Crippen LogP contribution in [0.15, 0.2) is 41.5 Å². The van der Waals surface area contributed by atoms with E-state index in [0.717, 1.165) is 31.7 Å². The molecule has 2 heterocycles. The quantitative estimate of drug-likeness (QED) is 0.397. The van der Waals surface area contributed by atoms with Crippen LogP contribution >= 0.6 is 11.6 Å². The lowest BCUT2D eigenvalue weighted by atomic mass is 9.91. The van der Waals surface area contributed by atoms with E-state index >= 15 is 0 Å². The smallest absolute Gasteiger partial charge is 0.433 e. The minimum absolute atomic E-state index is 0.133. The zero-order chi connectivity index (χ0) is 23.6. The van der Waals surface area contributed by atoms with Crippen molar-refractivity contribution < 1.29 is 18.3 Å². The highest BCUT2D eigenvalue weighted by atomic mass is 35.5. The number of pyridine rings is 1. The van der Waals surface area contributed by atoms with Gasteiger partial charge in [0.25, 0.3) is 0 Å². The number of hydrogen-bond donors (Lipinski definition) is 1. The summed E-state index contributed by atoms with van der Waals surface area (Å²) >= 11 is 6.09. The highest BCUT2D eigenvalue weighted by molar-refractivity contribution is 6.31. The van der Waals surface area contributed by atoms with Gasteiger partial charge >= 0.3 is 6.18 Å². The van der Waals surface area contributed by atoms with E-state index < -0.39 is 11.9 Å². The molecule has 2 aromatic heterocycles. The Bertz CT molecular complexity index is 1160. The lowest BCUT2D eigenvalue weighted by molar-refractivity contribution is -0.214. The number of halogens is 4. The van der Waals surface area contributed by atoms with Gasteiger partial charge in [-0.15, -0.1) is 0 Å². The Morgan fingerprint density at radius 2 is 2.09 bits per heavy atom. The van der Waals surface area contributed by atoms with Gasteiger partial charge in [0.05, 0.1) is 17.3 Å². The first-order valence-corrected chi connectivity index (χ1v) is 11.3. The Balaban J connectivity index is 1.57. The molecule has 0 aliphatic heterocycles. The minimum Gasteiger partial charge on any atom is -0.857 e. The predicted molar refractivity (Wildman–Crippen MR) is 120 cm³/mol. The van der Waals surface area contributed by atoms with Gasteiger partial charge in [-0.05, 0) is 62.4 Å². The average Bonchev–Trinajstić information content (AvgIpc) is 3.22. The number of anilines is 1. The lowest BCUT2D eigenvalue weighted by Gasteiger charge is -2.30. The summed E-state index contributed by atoms with van der Waals surface area (Å²) in [5.41, 5.74) is 0.0358. The van der Waals surface area contributed by atoms with Crippen molar-refractivity contribution in [2.45, 2.75) is 63.8 Å². The largest absolute Gasteiger partial charge is 0.857 e. The van der Waals surface area contributed by atoms with Crippen molar-refractivity contribution in [1.82, 2.24) is 14.8 Å². The van der Waals surface area contributed by atoms with Crippen LogP contribution in [0.25, 0.3) is 10.9 Å². The lowest BCUT2D eigenvalue weighted by Crippen LogP contribution is -2.32. The van der Waals surface area contributed by atoms with Crippen molar-refractivity contribution in [3.05, 3.63) is 52.9 Å². The van der Waals surface area contributed by atoms with Crippen LogP contribution < -0.4 is 10.4 Å². The molecule has 1 aromatic carbocycles. The fourth-order valence-corrected chi connectivity index (χ4v) is 4.40. The topological polar surface area (TPSA) is 78.2 Å². The highest BCUT2D eigenvalue weighted by Crippen LogP contribution is 2.35. The molecule has 1 aliphatic carbocycles. The van der Waals surface area contributed by atoms with E-state index in [9.17, 15) is 18.3 Å². The molecule has 3 aromatic rings. The van der Waals surface area contributed by atoms with E-state index in [1.807, 2.05) is 6.92 Å². The van der Waals surface area contributed by atoms with Crippen molar-refractivity contribution >= 4 is 34.1 Å². The van der Waals surface area contributed by atoms with Gasteiger partial charge in [-0.2, -0.15) is 18.3 Å². The highest BCUT2D eigenvalue weighted by Gasteiger charge is 2.34. The Morgan fingerprint density at radius 3 is 2.85 bits per heavy atom. The molecular weight excluding hydrogens is 455 g/mol. The fourth-order valence-electron chi connectivity index (χ4n) is 4.23. The third-order valence-electron chi connectivity index (χ3n) is 5.74. The van der Waals surface area contributed by atoms with E-state index in [2.05, 4.69) is 20.4 Å². The molecule has 0 amide bonds. The van der Waals surface area contributed by atoms with Crippen LogP contribution in [0.2, 0.25) is 5.02 Å². The molecule has 2 atom stereocenters. The summed E-state index contributed by atoms with van der Waals surface area (Å²) in [6, 6.07) is 6.94. The van der Waals surface area contributed by atoms with Crippen molar-refractivity contribution in [2.24, 2.45) is 4.99 Å².